The molecular formula is C22H27N3O2. The molecule has 0 aliphatic carbocycles. The fourth-order valence-electron chi connectivity index (χ4n) is 3.21. The minimum Gasteiger partial charge on any atom is -0.494 e. The Kier molecular flexibility index (Phi) is 6.22. The van der Waals surface area contributed by atoms with Crippen molar-refractivity contribution in [3.63, 3.8) is 0 Å². The monoisotopic (exact) mass is 365 g/mol. The summed E-state index contributed by atoms with van der Waals surface area (Å²) in [6.07, 6.45) is 1.57. The van der Waals surface area contributed by atoms with Gasteiger partial charge in [0.2, 0.25) is 5.88 Å². The molecule has 0 aliphatic heterocycles. The number of hydrogen-bond acceptors (Lipinski definition) is 4. The van der Waals surface area contributed by atoms with Gasteiger partial charge in [0.1, 0.15) is 11.6 Å². The number of hydrogen-bond donors (Lipinski definition) is 1. The van der Waals surface area contributed by atoms with Gasteiger partial charge in [0.25, 0.3) is 5.56 Å². The maximum Gasteiger partial charge on any atom is 0.271 e. The first-order valence-corrected chi connectivity index (χ1v) is 9.27. The van der Waals surface area contributed by atoms with Crippen molar-refractivity contribution in [2.75, 3.05) is 0 Å². The molecule has 0 saturated carbocycles. The maximum absolute atomic E-state index is 12.3. The van der Waals surface area contributed by atoms with Gasteiger partial charge in [-0.3, -0.25) is 14.4 Å². The number of para-hydroxylation sites is 1. The van der Waals surface area contributed by atoms with Crippen LogP contribution in [0.25, 0.3) is 0 Å². The van der Waals surface area contributed by atoms with Gasteiger partial charge in [-0.25, -0.2) is 0 Å². The molecule has 0 saturated heterocycles. The van der Waals surface area contributed by atoms with Crippen molar-refractivity contribution in [1.82, 2.24) is 4.57 Å². The molecule has 0 unspecified atom stereocenters. The second kappa shape index (κ2) is 8.22. The smallest absolute Gasteiger partial charge is 0.271 e. The minimum atomic E-state index is -0.474. The van der Waals surface area contributed by atoms with Gasteiger partial charge in [0, 0.05) is 12.8 Å². The van der Waals surface area contributed by atoms with Crippen molar-refractivity contribution in [2.24, 2.45) is 4.99 Å². The van der Waals surface area contributed by atoms with Crippen LogP contribution in [0.3, 0.4) is 0 Å². The predicted molar refractivity (Wildman–Crippen MR) is 109 cm³/mol. The van der Waals surface area contributed by atoms with Gasteiger partial charge in [0.15, 0.2) is 0 Å². The highest BCUT2D eigenvalue weighted by Gasteiger charge is 2.18. The highest BCUT2D eigenvalue weighted by atomic mass is 16.3. The number of nitriles is 1. The number of pyridine rings is 1. The van der Waals surface area contributed by atoms with E-state index in [9.17, 15) is 15.2 Å². The van der Waals surface area contributed by atoms with Crippen LogP contribution in [0.5, 0.6) is 5.88 Å². The number of nitrogens with zero attached hydrogens (tertiary/aromatic N) is 3. The van der Waals surface area contributed by atoms with E-state index < -0.39 is 5.56 Å². The van der Waals surface area contributed by atoms with Crippen LogP contribution in [0.4, 0.5) is 5.69 Å². The normalized spacial score (nSPS) is 11.5. The summed E-state index contributed by atoms with van der Waals surface area (Å²) in [7, 11) is 0. The van der Waals surface area contributed by atoms with E-state index in [1.165, 1.54) is 4.57 Å². The average molecular weight is 365 g/mol. The molecule has 0 atom stereocenters. The summed E-state index contributed by atoms with van der Waals surface area (Å²) in [5, 5.41) is 19.9. The Hall–Kier alpha value is -2.87. The lowest BCUT2D eigenvalue weighted by Gasteiger charge is -2.17. The van der Waals surface area contributed by atoms with Crippen LogP contribution in [-0.2, 0) is 6.54 Å². The number of aromatic nitrogens is 1. The molecule has 5 nitrogen and oxygen atoms in total. The third-order valence-electron chi connectivity index (χ3n) is 4.83. The third kappa shape index (κ3) is 3.80. The lowest BCUT2D eigenvalue weighted by Crippen LogP contribution is -2.24. The zero-order valence-corrected chi connectivity index (χ0v) is 16.9. The number of aliphatic imine (C=N–C) groups is 1. The SMILES string of the molecule is CCn1c(O)c(C=Nc2c(C(C)C)cccc2C(C)C)c(C)c(C#N)c1=O. The van der Waals surface area contributed by atoms with E-state index in [1.54, 1.807) is 20.1 Å². The van der Waals surface area contributed by atoms with Crippen molar-refractivity contribution in [3.05, 3.63) is 56.4 Å². The van der Waals surface area contributed by atoms with E-state index in [0.717, 1.165) is 16.8 Å². The van der Waals surface area contributed by atoms with E-state index in [2.05, 4.69) is 39.8 Å². The van der Waals surface area contributed by atoms with Gasteiger partial charge >= 0.3 is 0 Å². The summed E-state index contributed by atoms with van der Waals surface area (Å²) in [5.41, 5.74) is 3.55. The summed E-state index contributed by atoms with van der Waals surface area (Å²) in [6.45, 7) is 12.2. The molecule has 1 aromatic carbocycles. The molecule has 0 bridgehead atoms. The van der Waals surface area contributed by atoms with E-state index in [4.69, 9.17) is 4.99 Å². The van der Waals surface area contributed by atoms with Crippen LogP contribution >= 0.6 is 0 Å². The van der Waals surface area contributed by atoms with Crippen molar-refractivity contribution in [3.8, 4) is 11.9 Å². The van der Waals surface area contributed by atoms with Gasteiger partial charge in [-0.1, -0.05) is 45.9 Å². The molecule has 0 spiro atoms. The van der Waals surface area contributed by atoms with Gasteiger partial charge in [-0.2, -0.15) is 5.26 Å². The average Bonchev–Trinajstić information content (AvgIpc) is 2.61. The first-order chi connectivity index (χ1) is 12.7. The topological polar surface area (TPSA) is 78.4 Å². The zero-order valence-electron chi connectivity index (χ0n) is 16.9. The molecule has 27 heavy (non-hydrogen) atoms. The largest absolute Gasteiger partial charge is 0.494 e. The van der Waals surface area contributed by atoms with Crippen LogP contribution in [0, 0.1) is 18.3 Å². The first kappa shape index (κ1) is 20.4. The highest BCUT2D eigenvalue weighted by Crippen LogP contribution is 2.35. The Morgan fingerprint density at radius 2 is 1.78 bits per heavy atom. The molecule has 142 valence electrons. The summed E-state index contributed by atoms with van der Waals surface area (Å²) in [4.78, 5) is 17.0. The molecule has 5 heteroatoms. The van der Waals surface area contributed by atoms with Crippen molar-refractivity contribution in [2.45, 2.75) is 59.9 Å². The van der Waals surface area contributed by atoms with E-state index >= 15 is 0 Å². The molecular weight excluding hydrogens is 338 g/mol. The van der Waals surface area contributed by atoms with Gasteiger partial charge < -0.3 is 5.11 Å². The highest BCUT2D eigenvalue weighted by molar-refractivity contribution is 5.88. The number of aromatic hydroxyl groups is 1. The zero-order chi connectivity index (χ0) is 20.3. The van der Waals surface area contributed by atoms with E-state index in [0.29, 0.717) is 23.0 Å². The molecule has 0 aliphatic rings. The summed E-state index contributed by atoms with van der Waals surface area (Å²) < 4.78 is 1.20. The Labute approximate surface area is 160 Å². The molecule has 2 aromatic rings. The van der Waals surface area contributed by atoms with Gasteiger partial charge in [-0.05, 0) is 42.4 Å². The maximum atomic E-state index is 12.3. The first-order valence-electron chi connectivity index (χ1n) is 9.27. The Balaban J connectivity index is 2.74. The lowest BCUT2D eigenvalue weighted by molar-refractivity contribution is 0.409. The second-order valence-electron chi connectivity index (χ2n) is 7.25. The summed E-state index contributed by atoms with van der Waals surface area (Å²) >= 11 is 0. The molecule has 2 rings (SSSR count). The summed E-state index contributed by atoms with van der Waals surface area (Å²) in [6, 6.07) is 8.11. The lowest BCUT2D eigenvalue weighted by atomic mass is 9.93. The van der Waals surface area contributed by atoms with Gasteiger partial charge in [0.05, 0.1) is 11.3 Å². The standard InChI is InChI=1S/C22H27N3O2/c1-7-25-21(26)18(11-23)15(6)19(22(25)27)12-24-20-16(13(2)3)9-8-10-17(20)14(4)5/h8-10,12-14,27H,7H2,1-6H3. The predicted octanol–water partition coefficient (Wildman–Crippen LogP) is 4.75. The third-order valence-corrected chi connectivity index (χ3v) is 4.83. The van der Waals surface area contributed by atoms with Crippen molar-refractivity contribution < 1.29 is 5.11 Å². The molecule has 1 heterocycles. The quantitative estimate of drug-likeness (QED) is 0.777. The Morgan fingerprint density at radius 1 is 1.22 bits per heavy atom. The van der Waals surface area contributed by atoms with Gasteiger partial charge in [-0.15, -0.1) is 0 Å². The molecule has 0 amide bonds. The van der Waals surface area contributed by atoms with E-state index in [-0.39, 0.29) is 18.0 Å². The minimum absolute atomic E-state index is 0.0392. The van der Waals surface area contributed by atoms with Crippen molar-refractivity contribution in [1.29, 1.82) is 5.26 Å². The summed E-state index contributed by atoms with van der Waals surface area (Å²) in [5.74, 6) is 0.436. The van der Waals surface area contributed by atoms with Crippen molar-refractivity contribution >= 4 is 11.9 Å². The fraction of sp³-hybridized carbons (Fsp3) is 0.409. The number of rotatable bonds is 5. The molecule has 1 N–H and O–H groups in total. The number of benzene rings is 1. The Bertz CT molecular complexity index is 950. The second-order valence-corrected chi connectivity index (χ2v) is 7.25. The fourth-order valence-corrected chi connectivity index (χ4v) is 3.21. The van der Waals surface area contributed by atoms with Crippen LogP contribution < -0.4 is 5.56 Å². The van der Waals surface area contributed by atoms with Crippen LogP contribution in [0.2, 0.25) is 0 Å². The molecule has 0 radical (unpaired) electrons. The van der Waals surface area contributed by atoms with Crippen LogP contribution in [0.1, 0.15) is 74.3 Å². The van der Waals surface area contributed by atoms with Crippen LogP contribution in [-0.4, -0.2) is 15.9 Å². The molecule has 1 aromatic heterocycles. The Morgan fingerprint density at radius 3 is 2.22 bits per heavy atom. The van der Waals surface area contributed by atoms with Crippen LogP contribution in [0.15, 0.2) is 28.0 Å². The molecule has 0 fully saturated rings. The van der Waals surface area contributed by atoms with E-state index in [1.807, 2.05) is 12.1 Å².